The molecule has 1 nitrogen and oxygen atoms in total. The zero-order chi connectivity index (χ0) is 13.0. The van der Waals surface area contributed by atoms with Crippen LogP contribution in [0.25, 0.3) is 0 Å². The van der Waals surface area contributed by atoms with E-state index in [9.17, 15) is 0 Å². The highest BCUT2D eigenvalue weighted by Crippen LogP contribution is 2.26. The van der Waals surface area contributed by atoms with Gasteiger partial charge in [-0.3, -0.25) is 0 Å². The molecule has 0 aliphatic rings. The molecule has 2 rings (SSSR count). The minimum Gasteiger partial charge on any atom is -0.326 e. The molecule has 0 radical (unpaired) electrons. The van der Waals surface area contributed by atoms with Gasteiger partial charge in [-0.25, -0.2) is 0 Å². The molecule has 0 saturated heterocycles. The van der Waals surface area contributed by atoms with Crippen molar-refractivity contribution in [3.05, 3.63) is 64.7 Å². The Morgan fingerprint density at radius 1 is 1.00 bits per heavy atom. The first-order valence-corrected chi connectivity index (χ1v) is 7.15. The van der Waals surface area contributed by atoms with E-state index < -0.39 is 0 Å². The van der Waals surface area contributed by atoms with Gasteiger partial charge in [0.25, 0.3) is 0 Å². The predicted octanol–water partition coefficient (Wildman–Crippen LogP) is 4.05. The van der Waals surface area contributed by atoms with Crippen LogP contribution >= 0.6 is 11.8 Å². The fourth-order valence-corrected chi connectivity index (χ4v) is 2.92. The van der Waals surface area contributed by atoms with Crippen molar-refractivity contribution in [1.29, 1.82) is 0 Å². The Labute approximate surface area is 113 Å². The normalized spacial score (nSPS) is 10.6. The molecule has 0 spiro atoms. The van der Waals surface area contributed by atoms with E-state index in [0.29, 0.717) is 6.54 Å². The molecule has 0 fully saturated rings. The fraction of sp³-hybridized carbons (Fsp3) is 0.250. The summed E-state index contributed by atoms with van der Waals surface area (Å²) in [5.41, 5.74) is 10.9. The zero-order valence-electron chi connectivity index (χ0n) is 10.9. The average molecular weight is 257 g/mol. The van der Waals surface area contributed by atoms with Crippen molar-refractivity contribution in [3.63, 3.8) is 0 Å². The quantitative estimate of drug-likeness (QED) is 0.836. The molecule has 0 saturated carbocycles. The van der Waals surface area contributed by atoms with Crippen LogP contribution in [0, 0.1) is 13.8 Å². The van der Waals surface area contributed by atoms with E-state index in [1.54, 1.807) is 0 Å². The number of hydrogen-bond acceptors (Lipinski definition) is 2. The van der Waals surface area contributed by atoms with Crippen LogP contribution < -0.4 is 5.73 Å². The number of hydrogen-bond donors (Lipinski definition) is 1. The van der Waals surface area contributed by atoms with Crippen LogP contribution in [0.4, 0.5) is 0 Å². The Hall–Kier alpha value is -1.25. The third-order valence-corrected chi connectivity index (χ3v) is 4.20. The van der Waals surface area contributed by atoms with E-state index in [4.69, 9.17) is 5.73 Å². The van der Waals surface area contributed by atoms with Crippen LogP contribution in [0.1, 0.15) is 22.3 Å². The van der Waals surface area contributed by atoms with Crippen molar-refractivity contribution in [3.8, 4) is 0 Å². The first-order valence-electron chi connectivity index (χ1n) is 6.17. The second-order valence-electron chi connectivity index (χ2n) is 4.58. The van der Waals surface area contributed by atoms with Gasteiger partial charge in [0.05, 0.1) is 0 Å². The van der Waals surface area contributed by atoms with Crippen LogP contribution in [0.5, 0.6) is 0 Å². The van der Waals surface area contributed by atoms with E-state index in [1.165, 1.54) is 27.1 Å². The maximum absolute atomic E-state index is 5.66. The molecule has 18 heavy (non-hydrogen) atoms. The van der Waals surface area contributed by atoms with E-state index >= 15 is 0 Å². The van der Waals surface area contributed by atoms with Crippen LogP contribution in [0.2, 0.25) is 0 Å². The van der Waals surface area contributed by atoms with Crippen molar-refractivity contribution < 1.29 is 0 Å². The Kier molecular flexibility index (Phi) is 4.45. The number of nitrogens with two attached hydrogens (primary N) is 1. The molecule has 0 atom stereocenters. The summed E-state index contributed by atoms with van der Waals surface area (Å²) in [5.74, 6) is 0.998. The molecule has 0 heterocycles. The van der Waals surface area contributed by atoms with Gasteiger partial charge >= 0.3 is 0 Å². The Bertz CT molecular complexity index is 534. The highest BCUT2D eigenvalue weighted by atomic mass is 32.2. The van der Waals surface area contributed by atoms with Crippen LogP contribution in [-0.4, -0.2) is 0 Å². The standard InChI is InChI=1S/C16H19NS/c1-12-6-7-16(13(2)8-12)18-11-15-5-3-4-14(9-15)10-17/h3-9H,10-11,17H2,1-2H3. The molecule has 94 valence electrons. The molecule has 0 unspecified atom stereocenters. The minimum atomic E-state index is 0.613. The number of aryl methyl sites for hydroxylation is 2. The third-order valence-electron chi connectivity index (χ3n) is 2.95. The van der Waals surface area contributed by atoms with Gasteiger partial charge in [-0.05, 0) is 36.6 Å². The van der Waals surface area contributed by atoms with E-state index in [-0.39, 0.29) is 0 Å². The second-order valence-corrected chi connectivity index (χ2v) is 5.60. The topological polar surface area (TPSA) is 26.0 Å². The van der Waals surface area contributed by atoms with Crippen LogP contribution in [0.3, 0.4) is 0 Å². The monoisotopic (exact) mass is 257 g/mol. The van der Waals surface area contributed by atoms with Gasteiger partial charge in [0.15, 0.2) is 0 Å². The lowest BCUT2D eigenvalue weighted by Gasteiger charge is -2.07. The van der Waals surface area contributed by atoms with Crippen LogP contribution in [0.15, 0.2) is 47.4 Å². The van der Waals surface area contributed by atoms with Gasteiger partial charge in [-0.1, -0.05) is 42.0 Å². The van der Waals surface area contributed by atoms with Crippen molar-refractivity contribution in [2.24, 2.45) is 5.73 Å². The van der Waals surface area contributed by atoms with Gasteiger partial charge in [-0.2, -0.15) is 0 Å². The molecule has 2 N–H and O–H groups in total. The van der Waals surface area contributed by atoms with Gasteiger partial charge in [0.2, 0.25) is 0 Å². The van der Waals surface area contributed by atoms with Gasteiger partial charge < -0.3 is 5.73 Å². The average Bonchev–Trinajstić information content (AvgIpc) is 2.38. The molecule has 0 aliphatic heterocycles. The second kappa shape index (κ2) is 6.07. The Morgan fingerprint density at radius 2 is 1.78 bits per heavy atom. The van der Waals surface area contributed by atoms with E-state index in [1.807, 2.05) is 11.8 Å². The Morgan fingerprint density at radius 3 is 2.50 bits per heavy atom. The largest absolute Gasteiger partial charge is 0.326 e. The number of thioether (sulfide) groups is 1. The molecule has 0 aliphatic carbocycles. The summed E-state index contributed by atoms with van der Waals surface area (Å²) in [5, 5.41) is 0. The fourth-order valence-electron chi connectivity index (χ4n) is 1.97. The van der Waals surface area contributed by atoms with Crippen LogP contribution in [-0.2, 0) is 12.3 Å². The van der Waals surface area contributed by atoms with Gasteiger partial charge in [0.1, 0.15) is 0 Å². The molecule has 0 amide bonds. The summed E-state index contributed by atoms with van der Waals surface area (Å²) in [6, 6.07) is 15.1. The lowest BCUT2D eigenvalue weighted by Crippen LogP contribution is -1.96. The molecule has 0 bridgehead atoms. The number of rotatable bonds is 4. The van der Waals surface area contributed by atoms with Crippen molar-refractivity contribution in [2.75, 3.05) is 0 Å². The van der Waals surface area contributed by atoms with Gasteiger partial charge in [-0.15, -0.1) is 11.8 Å². The summed E-state index contributed by atoms with van der Waals surface area (Å²) in [6.45, 7) is 4.92. The third kappa shape index (κ3) is 3.37. The maximum Gasteiger partial charge on any atom is 0.0232 e. The molecule has 2 aromatic rings. The summed E-state index contributed by atoms with van der Waals surface area (Å²) < 4.78 is 0. The van der Waals surface area contributed by atoms with Gasteiger partial charge in [0, 0.05) is 17.2 Å². The van der Waals surface area contributed by atoms with Crippen molar-refractivity contribution in [1.82, 2.24) is 0 Å². The molecular weight excluding hydrogens is 238 g/mol. The highest BCUT2D eigenvalue weighted by molar-refractivity contribution is 7.98. The summed E-state index contributed by atoms with van der Waals surface area (Å²) in [6.07, 6.45) is 0. The summed E-state index contributed by atoms with van der Waals surface area (Å²) >= 11 is 1.89. The lowest BCUT2D eigenvalue weighted by molar-refractivity contribution is 1.06. The SMILES string of the molecule is Cc1ccc(SCc2cccc(CN)c2)c(C)c1. The van der Waals surface area contributed by atoms with Crippen molar-refractivity contribution >= 4 is 11.8 Å². The molecule has 2 aromatic carbocycles. The smallest absolute Gasteiger partial charge is 0.0232 e. The molecule has 2 heteroatoms. The minimum absolute atomic E-state index is 0.613. The van der Waals surface area contributed by atoms with Crippen molar-refractivity contribution in [2.45, 2.75) is 31.0 Å². The zero-order valence-corrected chi connectivity index (χ0v) is 11.8. The number of benzene rings is 2. The lowest BCUT2D eigenvalue weighted by atomic mass is 10.1. The Balaban J connectivity index is 2.06. The maximum atomic E-state index is 5.66. The first-order chi connectivity index (χ1) is 8.69. The first kappa shape index (κ1) is 13.2. The molecular formula is C16H19NS. The predicted molar refractivity (Wildman–Crippen MR) is 79.8 cm³/mol. The van der Waals surface area contributed by atoms with E-state index in [0.717, 1.165) is 5.75 Å². The van der Waals surface area contributed by atoms with E-state index in [2.05, 4.69) is 56.3 Å². The molecule has 0 aromatic heterocycles. The highest BCUT2D eigenvalue weighted by Gasteiger charge is 2.01. The summed E-state index contributed by atoms with van der Waals surface area (Å²) in [7, 11) is 0. The summed E-state index contributed by atoms with van der Waals surface area (Å²) in [4.78, 5) is 1.36.